The number of methoxy groups -OCH3 is 1. The third-order valence-corrected chi connectivity index (χ3v) is 4.90. The van der Waals surface area contributed by atoms with Crippen LogP contribution in [0.2, 0.25) is 5.02 Å². The zero-order valence-corrected chi connectivity index (χ0v) is 17.8. The SMILES string of the molecule is CCOc1cc(CNCc2ccccc2OC)ccc1OCc1ccc(F)cc1Cl. The van der Waals surface area contributed by atoms with Crippen LogP contribution in [-0.4, -0.2) is 13.7 Å². The van der Waals surface area contributed by atoms with E-state index in [0.717, 1.165) is 16.9 Å². The van der Waals surface area contributed by atoms with Crippen LogP contribution < -0.4 is 19.5 Å². The number of benzene rings is 3. The molecule has 0 saturated heterocycles. The number of hydrogen-bond donors (Lipinski definition) is 1. The van der Waals surface area contributed by atoms with Crippen LogP contribution in [0.25, 0.3) is 0 Å². The topological polar surface area (TPSA) is 39.7 Å². The molecule has 30 heavy (non-hydrogen) atoms. The van der Waals surface area contributed by atoms with Crippen molar-refractivity contribution in [3.8, 4) is 17.2 Å². The third-order valence-electron chi connectivity index (χ3n) is 4.54. The molecule has 1 N–H and O–H groups in total. The fourth-order valence-corrected chi connectivity index (χ4v) is 3.26. The van der Waals surface area contributed by atoms with Gasteiger partial charge in [-0.05, 0) is 42.8 Å². The monoisotopic (exact) mass is 429 g/mol. The molecule has 3 rings (SSSR count). The fourth-order valence-electron chi connectivity index (χ4n) is 3.03. The highest BCUT2D eigenvalue weighted by atomic mass is 35.5. The second-order valence-electron chi connectivity index (χ2n) is 6.65. The lowest BCUT2D eigenvalue weighted by Crippen LogP contribution is -2.13. The van der Waals surface area contributed by atoms with Crippen molar-refractivity contribution in [1.29, 1.82) is 0 Å². The summed E-state index contributed by atoms with van der Waals surface area (Å²) in [4.78, 5) is 0. The highest BCUT2D eigenvalue weighted by Gasteiger charge is 2.09. The van der Waals surface area contributed by atoms with Gasteiger partial charge in [-0.25, -0.2) is 4.39 Å². The molecule has 0 radical (unpaired) electrons. The Morgan fingerprint density at radius 1 is 0.867 bits per heavy atom. The van der Waals surface area contributed by atoms with Crippen molar-refractivity contribution in [2.75, 3.05) is 13.7 Å². The number of nitrogens with one attached hydrogen (secondary N) is 1. The summed E-state index contributed by atoms with van der Waals surface area (Å²) < 4.78 is 30.2. The fraction of sp³-hybridized carbons (Fsp3) is 0.250. The normalized spacial score (nSPS) is 10.7. The number of ether oxygens (including phenoxy) is 3. The molecule has 6 heteroatoms. The molecule has 0 fully saturated rings. The number of hydrogen-bond acceptors (Lipinski definition) is 4. The third kappa shape index (κ3) is 5.88. The van der Waals surface area contributed by atoms with E-state index in [-0.39, 0.29) is 12.4 Å². The summed E-state index contributed by atoms with van der Waals surface area (Å²) in [6, 6.07) is 18.0. The van der Waals surface area contributed by atoms with Crippen LogP contribution in [0, 0.1) is 5.82 Å². The maximum absolute atomic E-state index is 13.2. The Morgan fingerprint density at radius 2 is 1.70 bits per heavy atom. The van der Waals surface area contributed by atoms with E-state index in [4.69, 9.17) is 25.8 Å². The van der Waals surface area contributed by atoms with Gasteiger partial charge in [0, 0.05) is 24.2 Å². The van der Waals surface area contributed by atoms with E-state index in [1.807, 2.05) is 49.4 Å². The van der Waals surface area contributed by atoms with Gasteiger partial charge >= 0.3 is 0 Å². The average Bonchev–Trinajstić information content (AvgIpc) is 2.75. The molecule has 0 bridgehead atoms. The first-order valence-corrected chi connectivity index (χ1v) is 10.1. The molecule has 0 heterocycles. The quantitative estimate of drug-likeness (QED) is 0.445. The number of halogens is 2. The van der Waals surface area contributed by atoms with E-state index >= 15 is 0 Å². The highest BCUT2D eigenvalue weighted by Crippen LogP contribution is 2.30. The minimum absolute atomic E-state index is 0.227. The van der Waals surface area contributed by atoms with E-state index < -0.39 is 0 Å². The van der Waals surface area contributed by atoms with Crippen molar-refractivity contribution >= 4 is 11.6 Å². The average molecular weight is 430 g/mol. The molecule has 0 aromatic heterocycles. The molecule has 0 aliphatic heterocycles. The van der Waals surface area contributed by atoms with Gasteiger partial charge < -0.3 is 19.5 Å². The van der Waals surface area contributed by atoms with Crippen molar-refractivity contribution in [2.45, 2.75) is 26.6 Å². The lowest BCUT2D eigenvalue weighted by atomic mass is 10.1. The summed E-state index contributed by atoms with van der Waals surface area (Å²) in [5.74, 6) is 1.77. The molecule has 3 aromatic rings. The number of para-hydroxylation sites is 1. The Bertz CT molecular complexity index is 980. The maximum Gasteiger partial charge on any atom is 0.161 e. The van der Waals surface area contributed by atoms with Gasteiger partial charge in [-0.2, -0.15) is 0 Å². The lowest BCUT2D eigenvalue weighted by molar-refractivity contribution is 0.269. The maximum atomic E-state index is 13.2. The van der Waals surface area contributed by atoms with Gasteiger partial charge in [0.1, 0.15) is 18.2 Å². The Labute approximate surface area is 181 Å². The first-order chi connectivity index (χ1) is 14.6. The van der Waals surface area contributed by atoms with Crippen molar-refractivity contribution in [3.05, 3.63) is 88.2 Å². The molecule has 0 unspecified atom stereocenters. The van der Waals surface area contributed by atoms with Crippen LogP contribution in [-0.2, 0) is 19.7 Å². The Kier molecular flexibility index (Phi) is 7.94. The Balaban J connectivity index is 1.64. The van der Waals surface area contributed by atoms with Gasteiger partial charge in [-0.15, -0.1) is 0 Å². The number of rotatable bonds is 10. The van der Waals surface area contributed by atoms with Crippen LogP contribution in [0.15, 0.2) is 60.7 Å². The molecule has 0 spiro atoms. The molecule has 158 valence electrons. The molecular weight excluding hydrogens is 405 g/mol. The minimum Gasteiger partial charge on any atom is -0.496 e. The predicted octanol–water partition coefficient (Wildman–Crippen LogP) is 5.76. The summed E-state index contributed by atoms with van der Waals surface area (Å²) in [5.41, 5.74) is 2.88. The molecule has 0 atom stereocenters. The van der Waals surface area contributed by atoms with Crippen molar-refractivity contribution in [1.82, 2.24) is 5.32 Å². The second kappa shape index (κ2) is 10.9. The van der Waals surface area contributed by atoms with E-state index in [2.05, 4.69) is 5.32 Å². The van der Waals surface area contributed by atoms with E-state index in [0.29, 0.717) is 41.8 Å². The van der Waals surface area contributed by atoms with E-state index in [1.54, 1.807) is 13.2 Å². The minimum atomic E-state index is -0.372. The van der Waals surface area contributed by atoms with Crippen molar-refractivity contribution in [3.63, 3.8) is 0 Å². The standard InChI is InChI=1S/C24H25ClFNO3/c1-3-29-24-12-17(14-27-15-18-6-4-5-7-22(18)28-2)8-11-23(24)30-16-19-9-10-20(26)13-21(19)25/h4-13,27H,3,14-16H2,1-2H3. The Morgan fingerprint density at radius 3 is 2.47 bits per heavy atom. The van der Waals surface area contributed by atoms with Crippen LogP contribution in [0.3, 0.4) is 0 Å². The molecule has 3 aromatic carbocycles. The molecule has 0 aliphatic carbocycles. The van der Waals surface area contributed by atoms with Gasteiger partial charge in [0.25, 0.3) is 0 Å². The summed E-state index contributed by atoms with van der Waals surface area (Å²) >= 11 is 6.08. The first-order valence-electron chi connectivity index (χ1n) is 9.75. The molecule has 0 saturated carbocycles. The van der Waals surface area contributed by atoms with Gasteiger partial charge in [0.2, 0.25) is 0 Å². The zero-order valence-electron chi connectivity index (χ0n) is 17.1. The predicted molar refractivity (Wildman–Crippen MR) is 117 cm³/mol. The second-order valence-corrected chi connectivity index (χ2v) is 7.06. The van der Waals surface area contributed by atoms with Crippen LogP contribution in [0.4, 0.5) is 4.39 Å². The van der Waals surface area contributed by atoms with Gasteiger partial charge in [0.15, 0.2) is 11.5 Å². The Hall–Kier alpha value is -2.76. The summed E-state index contributed by atoms with van der Waals surface area (Å²) in [5, 5.41) is 3.76. The molecule has 0 aliphatic rings. The smallest absolute Gasteiger partial charge is 0.161 e. The van der Waals surface area contributed by atoms with Crippen LogP contribution in [0.5, 0.6) is 17.2 Å². The van der Waals surface area contributed by atoms with Crippen LogP contribution in [0.1, 0.15) is 23.6 Å². The summed E-state index contributed by atoms with van der Waals surface area (Å²) in [7, 11) is 1.67. The summed E-state index contributed by atoms with van der Waals surface area (Å²) in [6.45, 7) is 4.03. The molecular formula is C24H25ClFNO3. The molecule has 4 nitrogen and oxygen atoms in total. The first kappa shape index (κ1) is 21.9. The van der Waals surface area contributed by atoms with E-state index in [9.17, 15) is 4.39 Å². The summed E-state index contributed by atoms with van der Waals surface area (Å²) in [6.07, 6.45) is 0. The largest absolute Gasteiger partial charge is 0.496 e. The van der Waals surface area contributed by atoms with Gasteiger partial charge in [-0.3, -0.25) is 0 Å². The lowest BCUT2D eigenvalue weighted by Gasteiger charge is -2.15. The van der Waals surface area contributed by atoms with Gasteiger partial charge in [0.05, 0.1) is 18.7 Å². The van der Waals surface area contributed by atoms with Crippen LogP contribution >= 0.6 is 11.6 Å². The highest BCUT2D eigenvalue weighted by molar-refractivity contribution is 6.31. The molecule has 0 amide bonds. The van der Waals surface area contributed by atoms with Gasteiger partial charge in [-0.1, -0.05) is 41.9 Å². The van der Waals surface area contributed by atoms with Crippen molar-refractivity contribution < 1.29 is 18.6 Å². The van der Waals surface area contributed by atoms with E-state index in [1.165, 1.54) is 12.1 Å². The van der Waals surface area contributed by atoms with Crippen molar-refractivity contribution in [2.24, 2.45) is 0 Å². The zero-order chi connectivity index (χ0) is 21.3.